The summed E-state index contributed by atoms with van der Waals surface area (Å²) < 4.78 is 86.5. The Hall–Kier alpha value is -3.09. The van der Waals surface area contributed by atoms with E-state index < -0.39 is 47.0 Å². The van der Waals surface area contributed by atoms with E-state index in [1.165, 1.54) is 0 Å². The zero-order chi connectivity index (χ0) is 24.2. The van der Waals surface area contributed by atoms with Gasteiger partial charge in [-0.15, -0.1) is 0 Å². The molecule has 7 nitrogen and oxygen atoms in total. The first-order valence-corrected chi connectivity index (χ1v) is 9.87. The van der Waals surface area contributed by atoms with Crippen molar-refractivity contribution in [1.82, 2.24) is 15.3 Å². The molecule has 13 heteroatoms. The average molecular weight is 475 g/mol. The molecule has 1 amide bonds. The number of pyridine rings is 2. The number of carbonyl (C=O) groups is 1. The highest BCUT2D eigenvalue weighted by Gasteiger charge is 2.49. The molecule has 0 aromatic carbocycles. The summed E-state index contributed by atoms with van der Waals surface area (Å²) in [5.41, 5.74) is -2.70. The average Bonchev–Trinajstić information content (AvgIpc) is 2.70. The Morgan fingerprint density at radius 2 is 1.91 bits per heavy atom. The molecule has 0 saturated carbocycles. The molecular weight excluding hydrogens is 456 g/mol. The lowest BCUT2D eigenvalue weighted by molar-refractivity contribution is -0.206. The van der Waals surface area contributed by atoms with Crippen molar-refractivity contribution in [2.45, 2.75) is 37.8 Å². The van der Waals surface area contributed by atoms with Crippen LogP contribution in [0.25, 0.3) is 11.3 Å². The number of cyclic esters (lactones) is 1. The van der Waals surface area contributed by atoms with Crippen molar-refractivity contribution >= 4 is 17.7 Å². The number of fused-ring (bicyclic) bond motifs is 1. The van der Waals surface area contributed by atoms with Gasteiger partial charge in [-0.1, -0.05) is 0 Å². The number of halogens is 6. The minimum absolute atomic E-state index is 0.0238. The maximum absolute atomic E-state index is 13.7. The molecule has 1 saturated heterocycles. The maximum Gasteiger partial charge on any atom is 0.430 e. The van der Waals surface area contributed by atoms with E-state index in [1.54, 1.807) is 4.90 Å². The number of amides is 1. The van der Waals surface area contributed by atoms with E-state index in [0.717, 1.165) is 18.3 Å². The molecule has 0 bridgehead atoms. The summed E-state index contributed by atoms with van der Waals surface area (Å²) in [6, 6.07) is 2.67. The SMILES string of the molecule is CC1(C)CN(c2cc(C(F)(F)F)cc(-c3ccnc4c3[C@H](C(F)(F)F)OC(=O)N4)n2)CCN1. The van der Waals surface area contributed by atoms with Crippen molar-refractivity contribution in [2.24, 2.45) is 0 Å². The van der Waals surface area contributed by atoms with Gasteiger partial charge in [-0.05, 0) is 32.0 Å². The second kappa shape index (κ2) is 7.75. The molecular formula is C20H19F6N5O2. The van der Waals surface area contributed by atoms with Crippen molar-refractivity contribution < 1.29 is 35.9 Å². The van der Waals surface area contributed by atoms with Gasteiger partial charge in [-0.3, -0.25) is 5.32 Å². The third-order valence-electron chi connectivity index (χ3n) is 5.31. The monoisotopic (exact) mass is 475 g/mol. The van der Waals surface area contributed by atoms with Crippen LogP contribution in [0.2, 0.25) is 0 Å². The molecule has 2 aliphatic heterocycles. The summed E-state index contributed by atoms with van der Waals surface area (Å²) in [5, 5.41) is 5.30. The lowest BCUT2D eigenvalue weighted by Crippen LogP contribution is -2.57. The zero-order valence-electron chi connectivity index (χ0n) is 17.4. The van der Waals surface area contributed by atoms with Gasteiger partial charge < -0.3 is 15.0 Å². The Labute approximate surface area is 184 Å². The van der Waals surface area contributed by atoms with Crippen LogP contribution < -0.4 is 15.5 Å². The van der Waals surface area contributed by atoms with Crippen LogP contribution in [-0.4, -0.2) is 47.4 Å². The van der Waals surface area contributed by atoms with E-state index >= 15 is 0 Å². The van der Waals surface area contributed by atoms with Crippen LogP contribution in [0.4, 0.5) is 42.8 Å². The molecule has 0 unspecified atom stereocenters. The summed E-state index contributed by atoms with van der Waals surface area (Å²) in [5.74, 6) is -0.473. The van der Waals surface area contributed by atoms with Gasteiger partial charge in [-0.2, -0.15) is 26.3 Å². The fourth-order valence-corrected chi connectivity index (χ4v) is 3.90. The fourth-order valence-electron chi connectivity index (χ4n) is 3.90. The molecule has 4 heterocycles. The maximum atomic E-state index is 13.7. The summed E-state index contributed by atoms with van der Waals surface area (Å²) in [4.78, 5) is 21.3. The molecule has 2 aromatic heterocycles. The van der Waals surface area contributed by atoms with E-state index in [0.29, 0.717) is 25.7 Å². The van der Waals surface area contributed by atoms with Crippen molar-refractivity contribution in [3.05, 3.63) is 35.5 Å². The summed E-state index contributed by atoms with van der Waals surface area (Å²) in [7, 11) is 0. The van der Waals surface area contributed by atoms with E-state index in [-0.39, 0.29) is 17.1 Å². The number of anilines is 2. The van der Waals surface area contributed by atoms with E-state index in [4.69, 9.17) is 0 Å². The third kappa shape index (κ3) is 4.68. The van der Waals surface area contributed by atoms with Crippen LogP contribution in [0.3, 0.4) is 0 Å². The number of rotatable bonds is 2. The first kappa shape index (κ1) is 23.1. The second-order valence-electron chi connectivity index (χ2n) is 8.40. The highest BCUT2D eigenvalue weighted by molar-refractivity contribution is 5.89. The molecule has 4 rings (SSSR count). The van der Waals surface area contributed by atoms with Gasteiger partial charge in [0.2, 0.25) is 6.10 Å². The topological polar surface area (TPSA) is 79.4 Å². The standard InChI is InChI=1S/C20H19F6N5O2/c1-18(2)9-31(6-5-28-18)13-8-10(19(21,22)23)7-12(29-13)11-3-4-27-16-14(11)15(20(24,25)26)33-17(32)30-16/h3-4,7-8,15,28H,5-6,9H2,1-2H3,(H,27,30,32)/t15-/m1/s1. The van der Waals surface area contributed by atoms with Crippen LogP contribution in [0.1, 0.15) is 31.1 Å². The number of ether oxygens (including phenoxy) is 1. The minimum Gasteiger partial charge on any atom is -0.431 e. The van der Waals surface area contributed by atoms with Crippen LogP contribution >= 0.6 is 0 Å². The van der Waals surface area contributed by atoms with Crippen LogP contribution in [0.15, 0.2) is 24.4 Å². The summed E-state index contributed by atoms with van der Waals surface area (Å²) in [6.45, 7) is 4.93. The quantitative estimate of drug-likeness (QED) is 0.623. The molecule has 178 valence electrons. The number of piperazine rings is 1. The number of alkyl halides is 6. The van der Waals surface area contributed by atoms with Gasteiger partial charge in [0.15, 0.2) is 0 Å². The van der Waals surface area contributed by atoms with Crippen molar-refractivity contribution in [2.75, 3.05) is 29.9 Å². The molecule has 0 aliphatic carbocycles. The lowest BCUT2D eigenvalue weighted by atomic mass is 9.97. The predicted octanol–water partition coefficient (Wildman–Crippen LogP) is 4.52. The fraction of sp³-hybridized carbons (Fsp3) is 0.450. The molecule has 2 aromatic rings. The predicted molar refractivity (Wildman–Crippen MR) is 106 cm³/mol. The minimum atomic E-state index is -5.02. The first-order valence-electron chi connectivity index (χ1n) is 9.87. The van der Waals surface area contributed by atoms with Gasteiger partial charge in [0.25, 0.3) is 0 Å². The summed E-state index contributed by atoms with van der Waals surface area (Å²) in [6.07, 6.45) is -12.8. The van der Waals surface area contributed by atoms with E-state index in [9.17, 15) is 31.1 Å². The van der Waals surface area contributed by atoms with E-state index in [2.05, 4.69) is 25.3 Å². The highest BCUT2D eigenvalue weighted by atomic mass is 19.4. The normalized spacial score (nSPS) is 20.7. The van der Waals surface area contributed by atoms with Crippen molar-refractivity contribution in [3.8, 4) is 11.3 Å². The van der Waals surface area contributed by atoms with Gasteiger partial charge in [0.05, 0.1) is 16.8 Å². The van der Waals surface area contributed by atoms with Crippen LogP contribution in [-0.2, 0) is 10.9 Å². The number of nitrogens with zero attached hydrogens (tertiary/aromatic N) is 3. The Kier molecular flexibility index (Phi) is 5.42. The van der Waals surface area contributed by atoms with Crippen LogP contribution in [0.5, 0.6) is 0 Å². The Morgan fingerprint density at radius 3 is 2.55 bits per heavy atom. The molecule has 33 heavy (non-hydrogen) atoms. The number of aromatic nitrogens is 2. The molecule has 2 N–H and O–H groups in total. The Balaban J connectivity index is 1.90. The van der Waals surface area contributed by atoms with Gasteiger partial charge in [0.1, 0.15) is 11.6 Å². The molecule has 0 radical (unpaired) electrons. The number of hydrogen-bond donors (Lipinski definition) is 2. The second-order valence-corrected chi connectivity index (χ2v) is 8.40. The van der Waals surface area contributed by atoms with Gasteiger partial charge >= 0.3 is 18.4 Å². The molecule has 1 atom stereocenters. The Bertz CT molecular complexity index is 1090. The van der Waals surface area contributed by atoms with Crippen LogP contribution in [0, 0.1) is 0 Å². The third-order valence-corrected chi connectivity index (χ3v) is 5.31. The summed E-state index contributed by atoms with van der Waals surface area (Å²) >= 11 is 0. The molecule has 1 fully saturated rings. The van der Waals surface area contributed by atoms with Gasteiger partial charge in [-0.25, -0.2) is 14.8 Å². The first-order chi connectivity index (χ1) is 15.2. The number of nitrogens with one attached hydrogen (secondary N) is 2. The molecule has 2 aliphatic rings. The van der Waals surface area contributed by atoms with Crippen molar-refractivity contribution in [1.29, 1.82) is 0 Å². The lowest BCUT2D eigenvalue weighted by Gasteiger charge is -2.40. The number of hydrogen-bond acceptors (Lipinski definition) is 6. The largest absolute Gasteiger partial charge is 0.431 e. The highest BCUT2D eigenvalue weighted by Crippen LogP contribution is 2.46. The zero-order valence-corrected chi connectivity index (χ0v) is 17.4. The Morgan fingerprint density at radius 1 is 1.18 bits per heavy atom. The number of carbonyl (C=O) groups excluding carboxylic acids is 1. The van der Waals surface area contributed by atoms with E-state index in [1.807, 2.05) is 13.8 Å². The van der Waals surface area contributed by atoms with Gasteiger partial charge in [0, 0.05) is 36.9 Å². The van der Waals surface area contributed by atoms with Crippen molar-refractivity contribution in [3.63, 3.8) is 0 Å². The smallest absolute Gasteiger partial charge is 0.430 e. The molecule has 0 spiro atoms.